The van der Waals surface area contributed by atoms with Crippen molar-refractivity contribution in [3.63, 3.8) is 0 Å². The van der Waals surface area contributed by atoms with Gasteiger partial charge in [-0.1, -0.05) is 57.2 Å². The molecule has 0 bridgehead atoms. The van der Waals surface area contributed by atoms with Crippen molar-refractivity contribution in [3.05, 3.63) is 29.8 Å². The summed E-state index contributed by atoms with van der Waals surface area (Å²) in [6.07, 6.45) is 10.5. The summed E-state index contributed by atoms with van der Waals surface area (Å²) in [5.41, 5.74) is 9.00. The Morgan fingerprint density at radius 1 is 1.15 bits per heavy atom. The van der Waals surface area contributed by atoms with E-state index in [2.05, 4.69) is 36.1 Å². The average Bonchev–Trinajstić information content (AvgIpc) is 2.51. The minimum absolute atomic E-state index is 0.526. The lowest BCUT2D eigenvalue weighted by Gasteiger charge is -2.37. The van der Waals surface area contributed by atoms with Crippen LogP contribution in [0.25, 0.3) is 0 Å². The Kier molecular flexibility index (Phi) is 6.38. The van der Waals surface area contributed by atoms with Crippen molar-refractivity contribution in [2.75, 3.05) is 18.0 Å². The van der Waals surface area contributed by atoms with Crippen LogP contribution in [0.5, 0.6) is 0 Å². The van der Waals surface area contributed by atoms with Crippen molar-refractivity contribution in [2.45, 2.75) is 64.3 Å². The molecular weight excluding hydrogens is 244 g/mol. The van der Waals surface area contributed by atoms with E-state index in [0.29, 0.717) is 6.04 Å². The zero-order valence-corrected chi connectivity index (χ0v) is 13.0. The van der Waals surface area contributed by atoms with Gasteiger partial charge in [0, 0.05) is 24.8 Å². The first-order chi connectivity index (χ1) is 9.86. The minimum atomic E-state index is 0.526. The van der Waals surface area contributed by atoms with E-state index >= 15 is 0 Å². The monoisotopic (exact) mass is 274 g/mol. The predicted molar refractivity (Wildman–Crippen MR) is 88.3 cm³/mol. The van der Waals surface area contributed by atoms with Gasteiger partial charge in [-0.15, -0.1) is 0 Å². The molecule has 0 aliphatic carbocycles. The third-order valence-corrected chi connectivity index (χ3v) is 4.50. The molecule has 2 N–H and O–H groups in total. The molecule has 1 heterocycles. The standard InChI is InChI=1S/C18H30N2/c1-2-3-4-5-6-12-17(15-19)20-14-9-11-16-10-7-8-13-18(16)20/h7-8,10,13,17H,2-6,9,11-12,14-15,19H2,1H3. The van der Waals surface area contributed by atoms with Gasteiger partial charge in [-0.25, -0.2) is 0 Å². The van der Waals surface area contributed by atoms with Crippen LogP contribution in [-0.2, 0) is 6.42 Å². The number of nitrogens with two attached hydrogens (primary N) is 1. The van der Waals surface area contributed by atoms with E-state index in [1.54, 1.807) is 0 Å². The fraction of sp³-hybridized carbons (Fsp3) is 0.667. The molecule has 1 atom stereocenters. The van der Waals surface area contributed by atoms with E-state index in [-0.39, 0.29) is 0 Å². The van der Waals surface area contributed by atoms with Crippen LogP contribution in [-0.4, -0.2) is 19.1 Å². The van der Waals surface area contributed by atoms with Crippen LogP contribution in [0.4, 0.5) is 5.69 Å². The largest absolute Gasteiger partial charge is 0.367 e. The van der Waals surface area contributed by atoms with Crippen molar-refractivity contribution in [1.29, 1.82) is 0 Å². The quantitative estimate of drug-likeness (QED) is 0.722. The number of anilines is 1. The second-order valence-electron chi connectivity index (χ2n) is 6.02. The highest BCUT2D eigenvalue weighted by atomic mass is 15.2. The lowest BCUT2D eigenvalue weighted by Crippen LogP contribution is -2.43. The van der Waals surface area contributed by atoms with Crippen LogP contribution >= 0.6 is 0 Å². The average molecular weight is 274 g/mol. The third kappa shape index (κ3) is 3.99. The third-order valence-electron chi connectivity index (χ3n) is 4.50. The molecule has 0 fully saturated rings. The molecule has 20 heavy (non-hydrogen) atoms. The summed E-state index contributed by atoms with van der Waals surface area (Å²) in [5, 5.41) is 0. The number of unbranched alkanes of at least 4 members (excludes halogenated alkanes) is 4. The maximum absolute atomic E-state index is 6.06. The van der Waals surface area contributed by atoms with Crippen LogP contribution in [0.3, 0.4) is 0 Å². The van der Waals surface area contributed by atoms with E-state index in [4.69, 9.17) is 5.73 Å². The molecule has 1 unspecified atom stereocenters. The Labute approximate surface area is 124 Å². The van der Waals surface area contributed by atoms with Gasteiger partial charge in [0.05, 0.1) is 0 Å². The summed E-state index contributed by atoms with van der Waals surface area (Å²) in [4.78, 5) is 2.57. The molecule has 1 aromatic carbocycles. The second-order valence-corrected chi connectivity index (χ2v) is 6.02. The zero-order valence-electron chi connectivity index (χ0n) is 13.0. The van der Waals surface area contributed by atoms with Gasteiger partial charge < -0.3 is 10.6 Å². The highest BCUT2D eigenvalue weighted by molar-refractivity contribution is 5.56. The van der Waals surface area contributed by atoms with Gasteiger partial charge in [0.25, 0.3) is 0 Å². The molecule has 0 aromatic heterocycles. The van der Waals surface area contributed by atoms with Crippen molar-refractivity contribution < 1.29 is 0 Å². The van der Waals surface area contributed by atoms with Crippen LogP contribution < -0.4 is 10.6 Å². The summed E-state index contributed by atoms with van der Waals surface area (Å²) in [7, 11) is 0. The van der Waals surface area contributed by atoms with Crippen LogP contribution in [0.15, 0.2) is 24.3 Å². The Balaban J connectivity index is 1.91. The van der Waals surface area contributed by atoms with Gasteiger partial charge in [0.15, 0.2) is 0 Å². The summed E-state index contributed by atoms with van der Waals surface area (Å²) in [6, 6.07) is 9.39. The highest BCUT2D eigenvalue weighted by Crippen LogP contribution is 2.29. The first kappa shape index (κ1) is 15.4. The molecule has 0 saturated heterocycles. The lowest BCUT2D eigenvalue weighted by atomic mass is 9.97. The van der Waals surface area contributed by atoms with E-state index in [9.17, 15) is 0 Å². The van der Waals surface area contributed by atoms with Crippen molar-refractivity contribution >= 4 is 5.69 Å². The van der Waals surface area contributed by atoms with Crippen molar-refractivity contribution in [1.82, 2.24) is 0 Å². The Hall–Kier alpha value is -1.02. The number of fused-ring (bicyclic) bond motifs is 1. The lowest BCUT2D eigenvalue weighted by molar-refractivity contribution is 0.497. The summed E-state index contributed by atoms with van der Waals surface area (Å²) < 4.78 is 0. The molecule has 0 amide bonds. The van der Waals surface area contributed by atoms with Crippen LogP contribution in [0.1, 0.15) is 57.4 Å². The second kappa shape index (κ2) is 8.31. The zero-order chi connectivity index (χ0) is 14.2. The van der Waals surface area contributed by atoms with Gasteiger partial charge in [-0.2, -0.15) is 0 Å². The van der Waals surface area contributed by atoms with Crippen molar-refractivity contribution in [3.8, 4) is 0 Å². The molecule has 2 heteroatoms. The Bertz CT molecular complexity index is 389. The SMILES string of the molecule is CCCCCCCC(CN)N1CCCc2ccccc21. The van der Waals surface area contributed by atoms with Crippen LogP contribution in [0, 0.1) is 0 Å². The Morgan fingerprint density at radius 3 is 2.75 bits per heavy atom. The number of benzene rings is 1. The summed E-state index contributed by atoms with van der Waals surface area (Å²) in [6.45, 7) is 4.23. The van der Waals surface area contributed by atoms with Gasteiger partial charge in [-0.05, 0) is 30.9 Å². The number of rotatable bonds is 8. The molecular formula is C18H30N2. The minimum Gasteiger partial charge on any atom is -0.367 e. The first-order valence-electron chi connectivity index (χ1n) is 8.41. The van der Waals surface area contributed by atoms with Gasteiger partial charge in [0.2, 0.25) is 0 Å². The normalized spacial score (nSPS) is 16.0. The van der Waals surface area contributed by atoms with E-state index in [1.165, 1.54) is 69.2 Å². The summed E-state index contributed by atoms with van der Waals surface area (Å²) >= 11 is 0. The van der Waals surface area contributed by atoms with E-state index in [0.717, 1.165) is 6.54 Å². The van der Waals surface area contributed by atoms with Crippen molar-refractivity contribution in [2.24, 2.45) is 5.73 Å². The molecule has 2 nitrogen and oxygen atoms in total. The topological polar surface area (TPSA) is 29.3 Å². The van der Waals surface area contributed by atoms with E-state index in [1.807, 2.05) is 0 Å². The molecule has 1 aliphatic heterocycles. The molecule has 0 radical (unpaired) electrons. The Morgan fingerprint density at radius 2 is 1.95 bits per heavy atom. The molecule has 0 saturated carbocycles. The van der Waals surface area contributed by atoms with Gasteiger partial charge in [-0.3, -0.25) is 0 Å². The maximum atomic E-state index is 6.06. The first-order valence-corrected chi connectivity index (χ1v) is 8.41. The van der Waals surface area contributed by atoms with Gasteiger partial charge >= 0.3 is 0 Å². The van der Waals surface area contributed by atoms with Gasteiger partial charge in [0.1, 0.15) is 0 Å². The summed E-state index contributed by atoms with van der Waals surface area (Å²) in [5.74, 6) is 0. The molecule has 1 aliphatic rings. The number of para-hydroxylation sites is 1. The van der Waals surface area contributed by atoms with Crippen LogP contribution in [0.2, 0.25) is 0 Å². The number of nitrogens with zero attached hydrogens (tertiary/aromatic N) is 1. The number of hydrogen-bond acceptors (Lipinski definition) is 2. The maximum Gasteiger partial charge on any atom is 0.0412 e. The number of hydrogen-bond donors (Lipinski definition) is 1. The molecule has 1 aromatic rings. The molecule has 0 spiro atoms. The number of aryl methyl sites for hydroxylation is 1. The predicted octanol–water partition coefficient (Wildman–Crippen LogP) is 4.13. The van der Waals surface area contributed by atoms with E-state index < -0.39 is 0 Å². The molecule has 2 rings (SSSR count). The molecule has 112 valence electrons. The highest BCUT2D eigenvalue weighted by Gasteiger charge is 2.22. The smallest absolute Gasteiger partial charge is 0.0412 e. The fourth-order valence-corrected chi connectivity index (χ4v) is 3.33. The fourth-order valence-electron chi connectivity index (χ4n) is 3.33.